The third kappa shape index (κ3) is 2.92. The van der Waals surface area contributed by atoms with Crippen molar-refractivity contribution in [2.75, 3.05) is 33.9 Å². The van der Waals surface area contributed by atoms with Gasteiger partial charge in [0.15, 0.2) is 0 Å². The van der Waals surface area contributed by atoms with Gasteiger partial charge in [-0.15, -0.1) is 0 Å². The second-order valence-electron chi connectivity index (χ2n) is 4.70. The predicted molar refractivity (Wildman–Crippen MR) is 63.9 cm³/mol. The third-order valence-electron chi connectivity index (χ3n) is 3.91. The van der Waals surface area contributed by atoms with Crippen LogP contribution in [-0.2, 0) is 4.74 Å². The van der Waals surface area contributed by atoms with Crippen LogP contribution in [0, 0.1) is 5.92 Å². The Morgan fingerprint density at radius 3 is 2.53 bits per heavy atom. The van der Waals surface area contributed by atoms with Crippen LogP contribution in [0.15, 0.2) is 0 Å². The summed E-state index contributed by atoms with van der Waals surface area (Å²) in [6, 6.07) is 0. The molecule has 0 amide bonds. The van der Waals surface area contributed by atoms with E-state index in [2.05, 4.69) is 18.9 Å². The SMILES string of the molecule is CCC(CN)(C1CC1)N(C)CCCOC. The van der Waals surface area contributed by atoms with Gasteiger partial charge >= 0.3 is 0 Å². The number of hydrogen-bond donors (Lipinski definition) is 1. The van der Waals surface area contributed by atoms with Crippen molar-refractivity contribution in [3.05, 3.63) is 0 Å². The lowest BCUT2D eigenvalue weighted by Gasteiger charge is -2.41. The normalized spacial score (nSPS) is 20.6. The summed E-state index contributed by atoms with van der Waals surface area (Å²) in [6.07, 6.45) is 4.98. The summed E-state index contributed by atoms with van der Waals surface area (Å²) in [5.41, 5.74) is 6.25. The Labute approximate surface area is 94.0 Å². The number of ether oxygens (including phenoxy) is 1. The van der Waals surface area contributed by atoms with Gasteiger partial charge < -0.3 is 10.5 Å². The summed E-state index contributed by atoms with van der Waals surface area (Å²) in [5.74, 6) is 0.833. The van der Waals surface area contributed by atoms with Crippen LogP contribution in [0.3, 0.4) is 0 Å². The highest BCUT2D eigenvalue weighted by molar-refractivity contribution is 5.01. The fourth-order valence-corrected chi connectivity index (χ4v) is 2.63. The molecule has 0 saturated heterocycles. The van der Waals surface area contributed by atoms with Gasteiger partial charge in [-0.2, -0.15) is 0 Å². The zero-order chi connectivity index (χ0) is 11.3. The van der Waals surface area contributed by atoms with E-state index in [-0.39, 0.29) is 5.54 Å². The number of likely N-dealkylation sites (N-methyl/N-ethyl adjacent to an activating group) is 1. The maximum Gasteiger partial charge on any atom is 0.0474 e. The molecule has 1 fully saturated rings. The minimum Gasteiger partial charge on any atom is -0.385 e. The van der Waals surface area contributed by atoms with Crippen LogP contribution in [0.2, 0.25) is 0 Å². The smallest absolute Gasteiger partial charge is 0.0474 e. The number of hydrogen-bond acceptors (Lipinski definition) is 3. The Morgan fingerprint density at radius 1 is 1.47 bits per heavy atom. The highest BCUT2D eigenvalue weighted by Crippen LogP contribution is 2.44. The van der Waals surface area contributed by atoms with Gasteiger partial charge in [-0.25, -0.2) is 0 Å². The molecule has 1 saturated carbocycles. The van der Waals surface area contributed by atoms with E-state index in [1.165, 1.54) is 12.8 Å². The van der Waals surface area contributed by atoms with Crippen molar-refractivity contribution in [2.24, 2.45) is 11.7 Å². The van der Waals surface area contributed by atoms with E-state index in [1.807, 2.05) is 0 Å². The Balaban J connectivity index is 2.46. The van der Waals surface area contributed by atoms with Crippen LogP contribution in [-0.4, -0.2) is 44.3 Å². The first kappa shape index (κ1) is 12.9. The highest BCUT2D eigenvalue weighted by atomic mass is 16.5. The topological polar surface area (TPSA) is 38.5 Å². The van der Waals surface area contributed by atoms with Gasteiger partial charge in [0.25, 0.3) is 0 Å². The zero-order valence-corrected chi connectivity index (χ0v) is 10.5. The first-order valence-corrected chi connectivity index (χ1v) is 6.11. The Kier molecular flexibility index (Phi) is 5.03. The van der Waals surface area contributed by atoms with Crippen molar-refractivity contribution in [1.82, 2.24) is 4.90 Å². The Hall–Kier alpha value is -0.120. The van der Waals surface area contributed by atoms with Gasteiger partial charge in [0.1, 0.15) is 0 Å². The van der Waals surface area contributed by atoms with Gasteiger partial charge in [0.2, 0.25) is 0 Å². The first-order valence-electron chi connectivity index (χ1n) is 6.11. The maximum atomic E-state index is 5.99. The van der Waals surface area contributed by atoms with Gasteiger partial charge in [-0.1, -0.05) is 6.92 Å². The molecule has 15 heavy (non-hydrogen) atoms. The van der Waals surface area contributed by atoms with Crippen LogP contribution < -0.4 is 5.73 Å². The lowest BCUT2D eigenvalue weighted by atomic mass is 9.88. The molecular formula is C12H26N2O. The van der Waals surface area contributed by atoms with Crippen LogP contribution in [0.5, 0.6) is 0 Å². The maximum absolute atomic E-state index is 5.99. The third-order valence-corrected chi connectivity index (χ3v) is 3.91. The van der Waals surface area contributed by atoms with Crippen molar-refractivity contribution >= 4 is 0 Å². The predicted octanol–water partition coefficient (Wildman–Crippen LogP) is 1.47. The number of nitrogens with zero attached hydrogens (tertiary/aromatic N) is 1. The van der Waals surface area contributed by atoms with Gasteiger partial charge in [0.05, 0.1) is 0 Å². The Morgan fingerprint density at radius 2 is 2.13 bits per heavy atom. The van der Waals surface area contributed by atoms with E-state index in [9.17, 15) is 0 Å². The zero-order valence-electron chi connectivity index (χ0n) is 10.5. The van der Waals surface area contributed by atoms with E-state index in [0.29, 0.717) is 0 Å². The van der Waals surface area contributed by atoms with E-state index in [4.69, 9.17) is 10.5 Å². The lowest BCUT2D eigenvalue weighted by molar-refractivity contribution is 0.0834. The number of rotatable bonds is 8. The largest absolute Gasteiger partial charge is 0.385 e. The molecule has 90 valence electrons. The molecule has 1 aliphatic rings. The molecule has 0 heterocycles. The second kappa shape index (κ2) is 5.83. The summed E-state index contributed by atoms with van der Waals surface area (Å²) in [4.78, 5) is 2.46. The quantitative estimate of drug-likeness (QED) is 0.622. The van der Waals surface area contributed by atoms with Crippen LogP contribution in [0.4, 0.5) is 0 Å². The molecule has 0 aromatic rings. The Bertz CT molecular complexity index is 176. The molecule has 0 aromatic heterocycles. The fourth-order valence-electron chi connectivity index (χ4n) is 2.63. The average Bonchev–Trinajstić information content (AvgIpc) is 3.05. The van der Waals surface area contributed by atoms with E-state index >= 15 is 0 Å². The molecule has 1 unspecified atom stereocenters. The first-order chi connectivity index (χ1) is 7.21. The monoisotopic (exact) mass is 214 g/mol. The molecule has 1 atom stereocenters. The highest BCUT2D eigenvalue weighted by Gasteiger charge is 2.45. The molecule has 0 bridgehead atoms. The fraction of sp³-hybridized carbons (Fsp3) is 1.00. The van der Waals surface area contributed by atoms with E-state index in [1.54, 1.807) is 7.11 Å². The summed E-state index contributed by atoms with van der Waals surface area (Å²) in [5, 5.41) is 0. The van der Waals surface area contributed by atoms with Gasteiger partial charge in [-0.05, 0) is 38.6 Å². The molecular weight excluding hydrogens is 188 g/mol. The molecule has 3 nitrogen and oxygen atoms in total. The molecule has 0 radical (unpaired) electrons. The lowest BCUT2D eigenvalue weighted by Crippen LogP contribution is -2.53. The minimum atomic E-state index is 0.258. The molecule has 0 spiro atoms. The summed E-state index contributed by atoms with van der Waals surface area (Å²) in [6.45, 7) is 4.99. The molecule has 3 heteroatoms. The van der Waals surface area contributed by atoms with Crippen LogP contribution in [0.25, 0.3) is 0 Å². The second-order valence-corrected chi connectivity index (χ2v) is 4.70. The van der Waals surface area contributed by atoms with Crippen molar-refractivity contribution in [1.29, 1.82) is 0 Å². The van der Waals surface area contributed by atoms with E-state index in [0.717, 1.165) is 38.5 Å². The number of nitrogens with two attached hydrogens (primary N) is 1. The standard InChI is InChI=1S/C12H26N2O/c1-4-12(10-13,11-6-7-11)14(2)8-5-9-15-3/h11H,4-10,13H2,1-3H3. The molecule has 2 N–H and O–H groups in total. The van der Waals surface area contributed by atoms with Crippen molar-refractivity contribution in [3.63, 3.8) is 0 Å². The minimum absolute atomic E-state index is 0.258. The summed E-state index contributed by atoms with van der Waals surface area (Å²) >= 11 is 0. The molecule has 1 aliphatic carbocycles. The summed E-state index contributed by atoms with van der Waals surface area (Å²) < 4.78 is 5.09. The van der Waals surface area contributed by atoms with E-state index < -0.39 is 0 Å². The molecule has 0 aliphatic heterocycles. The van der Waals surface area contributed by atoms with Crippen molar-refractivity contribution in [3.8, 4) is 0 Å². The van der Waals surface area contributed by atoms with Crippen molar-refractivity contribution < 1.29 is 4.74 Å². The molecule has 1 rings (SSSR count). The van der Waals surface area contributed by atoms with Gasteiger partial charge in [-0.3, -0.25) is 4.90 Å². The van der Waals surface area contributed by atoms with Crippen LogP contribution in [0.1, 0.15) is 32.6 Å². The molecule has 0 aromatic carbocycles. The summed E-state index contributed by atoms with van der Waals surface area (Å²) in [7, 11) is 3.97. The number of methoxy groups -OCH3 is 1. The average molecular weight is 214 g/mol. The van der Waals surface area contributed by atoms with Crippen molar-refractivity contribution in [2.45, 2.75) is 38.1 Å². The van der Waals surface area contributed by atoms with Crippen LogP contribution >= 0.6 is 0 Å². The van der Waals surface area contributed by atoms with Gasteiger partial charge in [0, 0.05) is 32.3 Å².